The van der Waals surface area contributed by atoms with E-state index < -0.39 is 6.10 Å². The van der Waals surface area contributed by atoms with Gasteiger partial charge in [-0.3, -0.25) is 4.98 Å². The number of nitrogens with two attached hydrogens (primary N) is 1. The van der Waals surface area contributed by atoms with Crippen LogP contribution in [0.25, 0.3) is 0 Å². The molecule has 0 saturated carbocycles. The first-order chi connectivity index (χ1) is 5.25. The molecule has 1 rings (SSSR count). The average Bonchev–Trinajstić information content (AvgIpc) is 2.04. The van der Waals surface area contributed by atoms with Crippen LogP contribution in [-0.4, -0.2) is 21.7 Å². The predicted molar refractivity (Wildman–Crippen MR) is 39.9 cm³/mol. The fraction of sp³-hybridized carbons (Fsp3) is 0.286. The fourth-order valence-electron chi connectivity index (χ4n) is 0.806. The molecule has 1 heterocycles. The number of aliphatic hydroxyl groups excluding tert-OH is 1. The summed E-state index contributed by atoms with van der Waals surface area (Å²) in [6.07, 6.45) is 1.96. The van der Waals surface area contributed by atoms with Crippen LogP contribution in [0.2, 0.25) is 0 Å². The highest BCUT2D eigenvalue weighted by Gasteiger charge is 2.08. The summed E-state index contributed by atoms with van der Waals surface area (Å²) in [7, 11) is 0. The number of nitrogens with zero attached hydrogens (tertiary/aromatic N) is 1. The minimum absolute atomic E-state index is 0.0227. The van der Waals surface area contributed by atoms with Crippen LogP contribution in [0.3, 0.4) is 0 Å². The number of pyridine rings is 1. The third kappa shape index (κ3) is 1.66. The number of hydrogen-bond acceptors (Lipinski definition) is 4. The topological polar surface area (TPSA) is 79.4 Å². The van der Waals surface area contributed by atoms with Crippen molar-refractivity contribution in [3.8, 4) is 5.75 Å². The molecule has 4 nitrogen and oxygen atoms in total. The lowest BCUT2D eigenvalue weighted by Gasteiger charge is -2.08. The van der Waals surface area contributed by atoms with Crippen LogP contribution < -0.4 is 5.73 Å². The van der Waals surface area contributed by atoms with Gasteiger partial charge >= 0.3 is 0 Å². The molecule has 0 saturated heterocycles. The SMILES string of the molecule is NCC(O)c1ccncc1O. The number of aromatic nitrogens is 1. The van der Waals surface area contributed by atoms with Crippen LogP contribution >= 0.6 is 0 Å². The Hall–Kier alpha value is -1.13. The molecule has 0 amide bonds. The van der Waals surface area contributed by atoms with Gasteiger partial charge in [0.25, 0.3) is 0 Å². The second-order valence-electron chi connectivity index (χ2n) is 2.19. The Morgan fingerprint density at radius 3 is 2.91 bits per heavy atom. The van der Waals surface area contributed by atoms with Crippen molar-refractivity contribution in [1.29, 1.82) is 0 Å². The lowest BCUT2D eigenvalue weighted by molar-refractivity contribution is 0.182. The van der Waals surface area contributed by atoms with E-state index in [0.29, 0.717) is 5.56 Å². The minimum atomic E-state index is -0.807. The highest BCUT2D eigenvalue weighted by atomic mass is 16.3. The van der Waals surface area contributed by atoms with Gasteiger partial charge in [0.2, 0.25) is 0 Å². The molecule has 0 aliphatic carbocycles. The summed E-state index contributed by atoms with van der Waals surface area (Å²) in [6, 6.07) is 1.53. The van der Waals surface area contributed by atoms with Crippen LogP contribution in [-0.2, 0) is 0 Å². The first-order valence-corrected chi connectivity index (χ1v) is 3.26. The average molecular weight is 154 g/mol. The summed E-state index contributed by atoms with van der Waals surface area (Å²) in [6.45, 7) is 0.0948. The van der Waals surface area contributed by atoms with E-state index >= 15 is 0 Å². The van der Waals surface area contributed by atoms with E-state index in [2.05, 4.69) is 4.98 Å². The van der Waals surface area contributed by atoms with Crippen molar-refractivity contribution in [3.63, 3.8) is 0 Å². The van der Waals surface area contributed by atoms with E-state index in [0.717, 1.165) is 0 Å². The molecule has 0 bridgehead atoms. The Balaban J connectivity index is 2.93. The molecule has 1 unspecified atom stereocenters. The Labute approximate surface area is 64.3 Å². The molecular weight excluding hydrogens is 144 g/mol. The van der Waals surface area contributed by atoms with E-state index in [1.807, 2.05) is 0 Å². The van der Waals surface area contributed by atoms with Gasteiger partial charge < -0.3 is 15.9 Å². The summed E-state index contributed by atoms with van der Waals surface area (Å²) in [4.78, 5) is 3.66. The minimum Gasteiger partial charge on any atom is -0.506 e. The van der Waals surface area contributed by atoms with Crippen LogP contribution in [0.5, 0.6) is 5.75 Å². The monoisotopic (exact) mass is 154 g/mol. The van der Waals surface area contributed by atoms with Crippen molar-refractivity contribution >= 4 is 0 Å². The summed E-state index contributed by atoms with van der Waals surface area (Å²) >= 11 is 0. The van der Waals surface area contributed by atoms with Crippen molar-refractivity contribution < 1.29 is 10.2 Å². The highest BCUT2D eigenvalue weighted by Crippen LogP contribution is 2.20. The Morgan fingerprint density at radius 2 is 2.36 bits per heavy atom. The van der Waals surface area contributed by atoms with Gasteiger partial charge in [0.05, 0.1) is 12.3 Å². The second-order valence-corrected chi connectivity index (χ2v) is 2.19. The molecule has 4 N–H and O–H groups in total. The molecule has 0 aromatic carbocycles. The van der Waals surface area contributed by atoms with Crippen LogP contribution in [0.1, 0.15) is 11.7 Å². The van der Waals surface area contributed by atoms with E-state index in [4.69, 9.17) is 10.8 Å². The lowest BCUT2D eigenvalue weighted by atomic mass is 10.1. The molecule has 4 heteroatoms. The van der Waals surface area contributed by atoms with Crippen LogP contribution in [0.4, 0.5) is 0 Å². The van der Waals surface area contributed by atoms with Gasteiger partial charge in [-0.2, -0.15) is 0 Å². The van der Waals surface area contributed by atoms with E-state index in [1.54, 1.807) is 0 Å². The maximum absolute atomic E-state index is 9.20. The Morgan fingerprint density at radius 1 is 1.64 bits per heavy atom. The standard InChI is InChI=1S/C7H10N2O2/c8-3-6(10)5-1-2-9-4-7(5)11/h1-2,4,6,10-11H,3,8H2. The third-order valence-electron chi connectivity index (χ3n) is 1.42. The zero-order valence-electron chi connectivity index (χ0n) is 5.94. The van der Waals surface area contributed by atoms with E-state index in [-0.39, 0.29) is 12.3 Å². The number of aromatic hydroxyl groups is 1. The summed E-state index contributed by atoms with van der Waals surface area (Å²) < 4.78 is 0. The van der Waals surface area contributed by atoms with Crippen molar-refractivity contribution in [3.05, 3.63) is 24.0 Å². The van der Waals surface area contributed by atoms with Gasteiger partial charge in [-0.05, 0) is 6.07 Å². The van der Waals surface area contributed by atoms with Crippen LogP contribution in [0.15, 0.2) is 18.5 Å². The normalized spacial score (nSPS) is 12.9. The molecule has 1 aromatic heterocycles. The smallest absolute Gasteiger partial charge is 0.139 e. The molecule has 0 aliphatic heterocycles. The van der Waals surface area contributed by atoms with E-state index in [9.17, 15) is 5.11 Å². The molecule has 0 fully saturated rings. The van der Waals surface area contributed by atoms with Gasteiger partial charge in [0.15, 0.2) is 0 Å². The molecule has 0 aliphatic rings. The summed E-state index contributed by atoms with van der Waals surface area (Å²) in [5.74, 6) is -0.0227. The quantitative estimate of drug-likeness (QED) is 0.550. The number of hydrogen-bond donors (Lipinski definition) is 3. The van der Waals surface area contributed by atoms with Gasteiger partial charge in [-0.1, -0.05) is 0 Å². The Kier molecular flexibility index (Phi) is 2.40. The van der Waals surface area contributed by atoms with Gasteiger partial charge in [-0.15, -0.1) is 0 Å². The largest absolute Gasteiger partial charge is 0.506 e. The zero-order valence-corrected chi connectivity index (χ0v) is 5.94. The van der Waals surface area contributed by atoms with E-state index in [1.165, 1.54) is 18.5 Å². The fourth-order valence-corrected chi connectivity index (χ4v) is 0.806. The van der Waals surface area contributed by atoms with Gasteiger partial charge in [-0.25, -0.2) is 0 Å². The van der Waals surface area contributed by atoms with Crippen molar-refractivity contribution in [2.75, 3.05) is 6.54 Å². The van der Waals surface area contributed by atoms with Gasteiger partial charge in [0, 0.05) is 18.3 Å². The van der Waals surface area contributed by atoms with Crippen molar-refractivity contribution in [2.45, 2.75) is 6.10 Å². The molecule has 0 radical (unpaired) electrons. The number of rotatable bonds is 2. The van der Waals surface area contributed by atoms with Crippen molar-refractivity contribution in [2.24, 2.45) is 5.73 Å². The highest BCUT2D eigenvalue weighted by molar-refractivity contribution is 5.30. The van der Waals surface area contributed by atoms with Crippen LogP contribution in [0, 0.1) is 0 Å². The van der Waals surface area contributed by atoms with Gasteiger partial charge in [0.1, 0.15) is 5.75 Å². The summed E-state index contributed by atoms with van der Waals surface area (Å²) in [5, 5.41) is 18.3. The second kappa shape index (κ2) is 3.32. The van der Waals surface area contributed by atoms with Crippen molar-refractivity contribution in [1.82, 2.24) is 4.98 Å². The summed E-state index contributed by atoms with van der Waals surface area (Å²) in [5.41, 5.74) is 5.61. The maximum Gasteiger partial charge on any atom is 0.139 e. The lowest BCUT2D eigenvalue weighted by Crippen LogP contribution is -2.11. The molecular formula is C7H10N2O2. The maximum atomic E-state index is 9.20. The molecule has 60 valence electrons. The zero-order chi connectivity index (χ0) is 8.27. The molecule has 1 atom stereocenters. The molecule has 11 heavy (non-hydrogen) atoms. The third-order valence-corrected chi connectivity index (χ3v) is 1.42. The predicted octanol–water partition coefficient (Wildman–Crippen LogP) is -0.221. The molecule has 1 aromatic rings. The number of aliphatic hydroxyl groups is 1. The first-order valence-electron chi connectivity index (χ1n) is 3.26. The molecule has 0 spiro atoms. The first kappa shape index (κ1) is 7.97. The Bertz CT molecular complexity index is 240.